The Labute approximate surface area is 194 Å². The van der Waals surface area contributed by atoms with Gasteiger partial charge >= 0.3 is 6.09 Å². The molecule has 0 unspecified atom stereocenters. The van der Waals surface area contributed by atoms with Gasteiger partial charge in [0.25, 0.3) is 5.91 Å². The maximum absolute atomic E-state index is 13.0. The summed E-state index contributed by atoms with van der Waals surface area (Å²) in [5.74, 6) is -0.456. The number of hydrogen-bond donors (Lipinski definition) is 2. The maximum Gasteiger partial charge on any atom is 0.411 e. The van der Waals surface area contributed by atoms with Crippen molar-refractivity contribution in [3.8, 4) is 0 Å². The molecule has 0 spiro atoms. The summed E-state index contributed by atoms with van der Waals surface area (Å²) in [5, 5.41) is 5.30. The Balaban J connectivity index is 1.68. The van der Waals surface area contributed by atoms with Gasteiger partial charge in [0.15, 0.2) is 0 Å². The van der Waals surface area contributed by atoms with Gasteiger partial charge < -0.3 is 14.8 Å². The SMILES string of the molecule is COCCOC(=O)Nc1cccc(NC(=O)c2cccc(S(=O)(=O)N3CCCCCC3)c2)c1. The zero-order valence-electron chi connectivity index (χ0n) is 18.6. The zero-order chi connectivity index (χ0) is 23.7. The van der Waals surface area contributed by atoms with E-state index in [1.54, 1.807) is 36.4 Å². The summed E-state index contributed by atoms with van der Waals surface area (Å²) < 4.78 is 37.4. The average Bonchev–Trinajstić information content (AvgIpc) is 3.10. The number of methoxy groups -OCH3 is 1. The van der Waals surface area contributed by atoms with Crippen LogP contribution in [0.4, 0.5) is 16.2 Å². The van der Waals surface area contributed by atoms with E-state index in [2.05, 4.69) is 10.6 Å². The van der Waals surface area contributed by atoms with E-state index < -0.39 is 22.0 Å². The highest BCUT2D eigenvalue weighted by molar-refractivity contribution is 7.89. The van der Waals surface area contributed by atoms with Crippen LogP contribution in [0.3, 0.4) is 0 Å². The third-order valence-corrected chi connectivity index (χ3v) is 7.08. The molecule has 0 saturated carbocycles. The van der Waals surface area contributed by atoms with Crippen molar-refractivity contribution in [2.75, 3.05) is 44.0 Å². The number of anilines is 2. The summed E-state index contributed by atoms with van der Waals surface area (Å²) in [6.45, 7) is 1.39. The highest BCUT2D eigenvalue weighted by Crippen LogP contribution is 2.22. The average molecular weight is 476 g/mol. The normalized spacial score (nSPS) is 14.8. The Morgan fingerprint density at radius 1 is 0.909 bits per heavy atom. The number of nitrogens with one attached hydrogen (secondary N) is 2. The lowest BCUT2D eigenvalue weighted by Crippen LogP contribution is -2.32. The molecule has 2 N–H and O–H groups in total. The third-order valence-electron chi connectivity index (χ3n) is 5.19. The molecule has 10 heteroatoms. The van der Waals surface area contributed by atoms with E-state index in [-0.39, 0.29) is 23.7 Å². The van der Waals surface area contributed by atoms with E-state index in [0.717, 1.165) is 25.7 Å². The van der Waals surface area contributed by atoms with Crippen LogP contribution in [0, 0.1) is 0 Å². The molecule has 2 aromatic carbocycles. The second-order valence-electron chi connectivity index (χ2n) is 7.63. The molecule has 2 aromatic rings. The topological polar surface area (TPSA) is 114 Å². The number of ether oxygens (including phenoxy) is 2. The molecule has 1 heterocycles. The van der Waals surface area contributed by atoms with Gasteiger partial charge in [-0.15, -0.1) is 0 Å². The highest BCUT2D eigenvalue weighted by Gasteiger charge is 2.25. The lowest BCUT2D eigenvalue weighted by molar-refractivity contribution is 0.102. The van der Waals surface area contributed by atoms with Gasteiger partial charge in [-0.3, -0.25) is 10.1 Å². The lowest BCUT2D eigenvalue weighted by atomic mass is 10.2. The summed E-state index contributed by atoms with van der Waals surface area (Å²) in [6, 6.07) is 12.6. The van der Waals surface area contributed by atoms with Crippen molar-refractivity contribution in [2.45, 2.75) is 30.6 Å². The lowest BCUT2D eigenvalue weighted by Gasteiger charge is -2.20. The van der Waals surface area contributed by atoms with Crippen LogP contribution < -0.4 is 10.6 Å². The Hall–Kier alpha value is -2.95. The minimum atomic E-state index is -3.66. The number of amides is 2. The Kier molecular flexibility index (Phi) is 8.81. The molecule has 0 aromatic heterocycles. The van der Waals surface area contributed by atoms with Crippen LogP contribution in [0.25, 0.3) is 0 Å². The van der Waals surface area contributed by atoms with Crippen molar-refractivity contribution >= 4 is 33.4 Å². The number of carbonyl (C=O) groups excluding carboxylic acids is 2. The smallest absolute Gasteiger partial charge is 0.411 e. The number of rotatable bonds is 8. The Bertz CT molecular complexity index is 1070. The zero-order valence-corrected chi connectivity index (χ0v) is 19.4. The molecule has 1 aliphatic rings. The van der Waals surface area contributed by atoms with Gasteiger partial charge in [0.1, 0.15) is 6.61 Å². The molecule has 0 bridgehead atoms. The first-order valence-electron chi connectivity index (χ1n) is 10.8. The van der Waals surface area contributed by atoms with Crippen molar-refractivity contribution in [1.82, 2.24) is 4.31 Å². The molecule has 0 aliphatic carbocycles. The maximum atomic E-state index is 13.0. The summed E-state index contributed by atoms with van der Waals surface area (Å²) in [4.78, 5) is 24.7. The standard InChI is InChI=1S/C23H29N3O6S/c1-31-14-15-32-23(28)25-20-10-7-9-19(17-20)24-22(27)18-8-6-11-21(16-18)33(29,30)26-12-4-2-3-5-13-26/h6-11,16-17H,2-5,12-15H2,1H3,(H,24,27)(H,25,28). The quantitative estimate of drug-likeness (QED) is 0.563. The first-order chi connectivity index (χ1) is 15.9. The first kappa shape index (κ1) is 24.7. The second kappa shape index (κ2) is 11.8. The molecular formula is C23H29N3O6S. The van der Waals surface area contributed by atoms with Crippen LogP contribution in [0.1, 0.15) is 36.0 Å². The van der Waals surface area contributed by atoms with E-state index in [4.69, 9.17) is 9.47 Å². The van der Waals surface area contributed by atoms with Crippen molar-refractivity contribution < 1.29 is 27.5 Å². The molecule has 178 valence electrons. The minimum absolute atomic E-state index is 0.103. The fourth-order valence-corrected chi connectivity index (χ4v) is 5.04. The number of carbonyl (C=O) groups is 2. The minimum Gasteiger partial charge on any atom is -0.447 e. The molecule has 3 rings (SSSR count). The second-order valence-corrected chi connectivity index (χ2v) is 9.57. The Morgan fingerprint density at radius 3 is 2.27 bits per heavy atom. The molecule has 1 fully saturated rings. The van der Waals surface area contributed by atoms with E-state index in [0.29, 0.717) is 24.5 Å². The molecule has 1 saturated heterocycles. The molecule has 2 amide bonds. The number of hydrogen-bond acceptors (Lipinski definition) is 6. The monoisotopic (exact) mass is 475 g/mol. The number of nitrogens with zero attached hydrogens (tertiary/aromatic N) is 1. The van der Waals surface area contributed by atoms with Crippen LogP contribution >= 0.6 is 0 Å². The van der Waals surface area contributed by atoms with E-state index >= 15 is 0 Å². The predicted octanol–water partition coefficient (Wildman–Crippen LogP) is 3.70. The third kappa shape index (κ3) is 7.01. The van der Waals surface area contributed by atoms with Gasteiger partial charge in [0.05, 0.1) is 11.5 Å². The predicted molar refractivity (Wildman–Crippen MR) is 125 cm³/mol. The fourth-order valence-electron chi connectivity index (χ4n) is 3.48. The van der Waals surface area contributed by atoms with E-state index in [1.807, 2.05) is 0 Å². The van der Waals surface area contributed by atoms with Crippen LogP contribution in [0.5, 0.6) is 0 Å². The van der Waals surface area contributed by atoms with Gasteiger partial charge in [-0.05, 0) is 49.2 Å². The van der Waals surface area contributed by atoms with Crippen LogP contribution in [-0.4, -0.2) is 58.1 Å². The van der Waals surface area contributed by atoms with Gasteiger partial charge in [-0.25, -0.2) is 13.2 Å². The molecular weight excluding hydrogens is 446 g/mol. The van der Waals surface area contributed by atoms with E-state index in [9.17, 15) is 18.0 Å². The van der Waals surface area contributed by atoms with Crippen LogP contribution in [0.2, 0.25) is 0 Å². The summed E-state index contributed by atoms with van der Waals surface area (Å²) >= 11 is 0. The molecule has 9 nitrogen and oxygen atoms in total. The summed E-state index contributed by atoms with van der Waals surface area (Å²) in [7, 11) is -2.15. The van der Waals surface area contributed by atoms with Crippen LogP contribution in [0.15, 0.2) is 53.4 Å². The van der Waals surface area contributed by atoms with Crippen molar-refractivity contribution in [3.05, 3.63) is 54.1 Å². The van der Waals surface area contributed by atoms with E-state index in [1.165, 1.54) is 23.5 Å². The Morgan fingerprint density at radius 2 is 1.58 bits per heavy atom. The van der Waals surface area contributed by atoms with Crippen molar-refractivity contribution in [2.24, 2.45) is 0 Å². The molecule has 33 heavy (non-hydrogen) atoms. The largest absolute Gasteiger partial charge is 0.447 e. The first-order valence-corrected chi connectivity index (χ1v) is 12.3. The van der Waals surface area contributed by atoms with Gasteiger partial charge in [0.2, 0.25) is 10.0 Å². The summed E-state index contributed by atoms with van der Waals surface area (Å²) in [6.07, 6.45) is 3.08. The van der Waals surface area contributed by atoms with Gasteiger partial charge in [-0.1, -0.05) is 25.0 Å². The molecule has 0 radical (unpaired) electrons. The number of benzene rings is 2. The van der Waals surface area contributed by atoms with Gasteiger partial charge in [-0.2, -0.15) is 4.31 Å². The molecule has 1 aliphatic heterocycles. The van der Waals surface area contributed by atoms with Crippen molar-refractivity contribution in [3.63, 3.8) is 0 Å². The summed E-state index contributed by atoms with van der Waals surface area (Å²) in [5.41, 5.74) is 1.10. The van der Waals surface area contributed by atoms with Gasteiger partial charge in [0, 0.05) is 37.1 Å². The van der Waals surface area contributed by atoms with Crippen LogP contribution in [-0.2, 0) is 19.5 Å². The molecule has 0 atom stereocenters. The fraction of sp³-hybridized carbons (Fsp3) is 0.391. The highest BCUT2D eigenvalue weighted by atomic mass is 32.2. The van der Waals surface area contributed by atoms with Crippen molar-refractivity contribution in [1.29, 1.82) is 0 Å². The number of sulfonamides is 1.